The van der Waals surface area contributed by atoms with E-state index in [4.69, 9.17) is 4.74 Å². The Bertz CT molecular complexity index is 1090. The van der Waals surface area contributed by atoms with Gasteiger partial charge in [0.25, 0.3) is 0 Å². The fourth-order valence-electron chi connectivity index (χ4n) is 3.92. The molecular weight excluding hydrogens is 374 g/mol. The number of fused-ring (bicyclic) bond motifs is 1. The first-order valence-corrected chi connectivity index (χ1v) is 10.3. The average molecular weight is 399 g/mol. The Labute approximate surface area is 176 Å². The summed E-state index contributed by atoms with van der Waals surface area (Å²) >= 11 is 0. The van der Waals surface area contributed by atoms with Crippen LogP contribution in [0.2, 0.25) is 0 Å². The van der Waals surface area contributed by atoms with E-state index in [2.05, 4.69) is 25.8 Å². The van der Waals surface area contributed by atoms with Crippen LogP contribution < -0.4 is 4.74 Å². The summed E-state index contributed by atoms with van der Waals surface area (Å²) in [5.74, 6) is 2.50. The van der Waals surface area contributed by atoms with Gasteiger partial charge in [0.05, 0.1) is 11.3 Å². The van der Waals surface area contributed by atoms with Crippen molar-refractivity contribution in [3.05, 3.63) is 70.6 Å². The third-order valence-corrected chi connectivity index (χ3v) is 5.36. The van der Waals surface area contributed by atoms with E-state index in [1.807, 2.05) is 50.3 Å². The average Bonchev–Trinajstić information content (AvgIpc) is 2.99. The molecule has 1 aromatic carbocycles. The zero-order valence-corrected chi connectivity index (χ0v) is 17.4. The van der Waals surface area contributed by atoms with Gasteiger partial charge in [-0.2, -0.15) is 5.26 Å². The van der Waals surface area contributed by atoms with Gasteiger partial charge in [0.2, 0.25) is 0 Å². The third kappa shape index (κ3) is 4.25. The van der Waals surface area contributed by atoms with Gasteiger partial charge in [-0.05, 0) is 73.7 Å². The summed E-state index contributed by atoms with van der Waals surface area (Å²) in [4.78, 5) is 4.31. The third-order valence-electron chi connectivity index (χ3n) is 5.36. The highest BCUT2D eigenvalue weighted by Crippen LogP contribution is 2.28. The van der Waals surface area contributed by atoms with Crippen LogP contribution in [0.15, 0.2) is 36.5 Å². The normalized spacial score (nSPS) is 14.0. The van der Waals surface area contributed by atoms with Crippen molar-refractivity contribution >= 4 is 11.6 Å². The van der Waals surface area contributed by atoms with Gasteiger partial charge in [0.1, 0.15) is 24.3 Å². The van der Waals surface area contributed by atoms with Crippen LogP contribution in [0.25, 0.3) is 11.6 Å². The first-order valence-electron chi connectivity index (χ1n) is 10.3. The molecule has 1 aliphatic heterocycles. The molecule has 0 saturated carbocycles. The largest absolute Gasteiger partial charge is 0.487 e. The van der Waals surface area contributed by atoms with Crippen LogP contribution in [0.5, 0.6) is 5.75 Å². The molecular formula is C24H25N5O. The fourth-order valence-corrected chi connectivity index (χ4v) is 3.92. The van der Waals surface area contributed by atoms with Gasteiger partial charge < -0.3 is 9.30 Å². The molecule has 152 valence electrons. The minimum absolute atomic E-state index is 0.424. The molecule has 3 heterocycles. The molecule has 0 bridgehead atoms. The quantitative estimate of drug-likeness (QED) is 0.583. The molecule has 0 radical (unpaired) electrons. The highest BCUT2D eigenvalue weighted by atomic mass is 16.5. The second kappa shape index (κ2) is 8.91. The van der Waals surface area contributed by atoms with Gasteiger partial charge in [0, 0.05) is 19.2 Å². The van der Waals surface area contributed by atoms with Crippen LogP contribution in [0.3, 0.4) is 0 Å². The second-order valence-corrected chi connectivity index (χ2v) is 7.67. The minimum atomic E-state index is 0.424. The number of pyridine rings is 1. The van der Waals surface area contributed by atoms with E-state index in [0.717, 1.165) is 59.8 Å². The van der Waals surface area contributed by atoms with Crippen LogP contribution in [0.4, 0.5) is 0 Å². The van der Waals surface area contributed by atoms with E-state index < -0.39 is 0 Å². The van der Waals surface area contributed by atoms with Gasteiger partial charge in [-0.15, -0.1) is 10.2 Å². The van der Waals surface area contributed by atoms with Crippen molar-refractivity contribution in [3.63, 3.8) is 0 Å². The highest BCUT2D eigenvalue weighted by molar-refractivity contribution is 5.87. The van der Waals surface area contributed by atoms with Crippen molar-refractivity contribution in [3.8, 4) is 11.8 Å². The molecule has 0 atom stereocenters. The highest BCUT2D eigenvalue weighted by Gasteiger charge is 2.18. The Hall–Kier alpha value is -3.46. The molecule has 0 saturated heterocycles. The fraction of sp³-hybridized carbons (Fsp3) is 0.333. The van der Waals surface area contributed by atoms with Crippen LogP contribution in [-0.2, 0) is 19.6 Å². The maximum Gasteiger partial charge on any atom is 0.174 e. The molecule has 0 aliphatic carbocycles. The number of aromatic nitrogens is 4. The van der Waals surface area contributed by atoms with Crippen molar-refractivity contribution in [2.45, 2.75) is 52.7 Å². The number of nitrogens with zero attached hydrogens (tertiary/aromatic N) is 5. The molecule has 2 aromatic heterocycles. The van der Waals surface area contributed by atoms with Gasteiger partial charge in [-0.1, -0.05) is 12.5 Å². The van der Waals surface area contributed by atoms with Gasteiger partial charge in [0.15, 0.2) is 5.82 Å². The molecule has 0 spiro atoms. The predicted molar refractivity (Wildman–Crippen MR) is 116 cm³/mol. The molecule has 4 rings (SSSR count). The Balaban J connectivity index is 1.60. The summed E-state index contributed by atoms with van der Waals surface area (Å²) in [5.41, 5.74) is 4.43. The number of hydrogen-bond donors (Lipinski definition) is 0. The van der Waals surface area contributed by atoms with Gasteiger partial charge in [-0.25, -0.2) is 0 Å². The number of allylic oxidation sites excluding steroid dienone is 1. The van der Waals surface area contributed by atoms with Crippen LogP contribution in [0, 0.1) is 25.2 Å². The summed E-state index contributed by atoms with van der Waals surface area (Å²) in [7, 11) is 0. The smallest absolute Gasteiger partial charge is 0.174 e. The zero-order chi connectivity index (χ0) is 20.9. The summed E-state index contributed by atoms with van der Waals surface area (Å²) in [6.45, 7) is 5.34. The summed E-state index contributed by atoms with van der Waals surface area (Å²) < 4.78 is 8.13. The van der Waals surface area contributed by atoms with Crippen molar-refractivity contribution in [2.24, 2.45) is 0 Å². The Morgan fingerprint density at radius 3 is 2.73 bits per heavy atom. The molecule has 0 unspecified atom stereocenters. The van der Waals surface area contributed by atoms with E-state index in [9.17, 15) is 5.26 Å². The van der Waals surface area contributed by atoms with E-state index in [1.165, 1.54) is 6.42 Å². The molecule has 0 fully saturated rings. The predicted octanol–water partition coefficient (Wildman–Crippen LogP) is 4.66. The molecule has 0 amide bonds. The monoisotopic (exact) mass is 399 g/mol. The van der Waals surface area contributed by atoms with Crippen LogP contribution >= 0.6 is 0 Å². The summed E-state index contributed by atoms with van der Waals surface area (Å²) in [6, 6.07) is 12.2. The van der Waals surface area contributed by atoms with Crippen molar-refractivity contribution in [1.82, 2.24) is 19.7 Å². The number of aryl methyl sites for hydroxylation is 3. The lowest BCUT2D eigenvalue weighted by Gasteiger charge is -2.13. The van der Waals surface area contributed by atoms with E-state index >= 15 is 0 Å². The molecule has 3 aromatic rings. The minimum Gasteiger partial charge on any atom is -0.487 e. The molecule has 6 heteroatoms. The maximum atomic E-state index is 9.80. The molecule has 30 heavy (non-hydrogen) atoms. The number of rotatable bonds is 5. The number of hydrogen-bond acceptors (Lipinski definition) is 5. The first kappa shape index (κ1) is 19.8. The maximum absolute atomic E-state index is 9.80. The van der Waals surface area contributed by atoms with E-state index in [1.54, 1.807) is 6.20 Å². The number of benzene rings is 1. The first-order chi connectivity index (χ1) is 14.7. The van der Waals surface area contributed by atoms with Gasteiger partial charge in [-0.3, -0.25) is 4.98 Å². The van der Waals surface area contributed by atoms with Crippen molar-refractivity contribution in [2.75, 3.05) is 0 Å². The second-order valence-electron chi connectivity index (χ2n) is 7.67. The zero-order valence-electron chi connectivity index (χ0n) is 17.4. The summed E-state index contributed by atoms with van der Waals surface area (Å²) in [6.07, 6.45) is 7.99. The molecule has 6 nitrogen and oxygen atoms in total. The lowest BCUT2D eigenvalue weighted by atomic mass is 10.0. The van der Waals surface area contributed by atoms with Crippen molar-refractivity contribution < 1.29 is 4.74 Å². The lowest BCUT2D eigenvalue weighted by Crippen LogP contribution is -2.05. The topological polar surface area (TPSA) is 76.6 Å². The number of ether oxygens (including phenoxy) is 1. The van der Waals surface area contributed by atoms with Crippen LogP contribution in [-0.4, -0.2) is 19.7 Å². The van der Waals surface area contributed by atoms with Gasteiger partial charge >= 0.3 is 0 Å². The number of nitriles is 1. The van der Waals surface area contributed by atoms with E-state index in [-0.39, 0.29) is 0 Å². The van der Waals surface area contributed by atoms with Crippen LogP contribution in [0.1, 0.15) is 53.3 Å². The summed E-state index contributed by atoms with van der Waals surface area (Å²) in [5, 5.41) is 18.5. The molecule has 0 N–H and O–H groups in total. The SMILES string of the molecule is Cc1cc(/C=C(\C#N)c2nnc3n2CCCCC3)cc(C)c1OCc1ccccn1. The Morgan fingerprint density at radius 1 is 1.17 bits per heavy atom. The van der Waals surface area contributed by atoms with Crippen molar-refractivity contribution in [1.29, 1.82) is 5.26 Å². The lowest BCUT2D eigenvalue weighted by molar-refractivity contribution is 0.297. The Kier molecular flexibility index (Phi) is 5.89. The Morgan fingerprint density at radius 2 is 2.00 bits per heavy atom. The van der Waals surface area contributed by atoms with E-state index in [0.29, 0.717) is 18.0 Å². The standard InChI is InChI=1S/C24H25N5O/c1-17-12-19(13-18(2)23(17)30-16-21-8-5-6-10-26-21)14-20(15-25)24-28-27-22-9-4-3-7-11-29(22)24/h5-6,8,10,12-14H,3-4,7,9,11,16H2,1-2H3/b20-14+. The molecule has 1 aliphatic rings.